The Kier molecular flexibility index (Phi) is 5.06. The van der Waals surface area contributed by atoms with Crippen LogP contribution in [0.15, 0.2) is 67.1 Å². The minimum Gasteiger partial charge on any atom is -0.298 e. The van der Waals surface area contributed by atoms with Crippen molar-refractivity contribution >= 4 is 0 Å². The molecule has 0 bridgehead atoms. The van der Waals surface area contributed by atoms with Crippen molar-refractivity contribution in [1.29, 1.82) is 0 Å². The van der Waals surface area contributed by atoms with Crippen molar-refractivity contribution in [2.24, 2.45) is 0 Å². The average molecular weight is 320 g/mol. The molecule has 4 heteroatoms. The van der Waals surface area contributed by atoms with E-state index in [1.54, 1.807) is 0 Å². The Hall–Kier alpha value is -2.46. The molecule has 1 N–H and O–H groups in total. The Morgan fingerprint density at radius 3 is 2.29 bits per heavy atom. The van der Waals surface area contributed by atoms with Crippen LogP contribution in [0.3, 0.4) is 0 Å². The molecule has 0 aliphatic heterocycles. The van der Waals surface area contributed by atoms with Crippen molar-refractivity contribution in [2.45, 2.75) is 38.9 Å². The molecule has 2 heterocycles. The van der Waals surface area contributed by atoms with Crippen LogP contribution < -0.4 is 5.32 Å². The highest BCUT2D eigenvalue weighted by atomic mass is 15.3. The van der Waals surface area contributed by atoms with Crippen LogP contribution in [0.5, 0.6) is 0 Å². The summed E-state index contributed by atoms with van der Waals surface area (Å²) in [4.78, 5) is 4.55. The first-order chi connectivity index (χ1) is 11.6. The van der Waals surface area contributed by atoms with Crippen LogP contribution in [-0.2, 0) is 0 Å². The lowest BCUT2D eigenvalue weighted by molar-refractivity contribution is 0.504. The van der Waals surface area contributed by atoms with Gasteiger partial charge in [-0.05, 0) is 38.5 Å². The molecule has 0 spiro atoms. The van der Waals surface area contributed by atoms with E-state index in [-0.39, 0.29) is 12.1 Å². The van der Waals surface area contributed by atoms with E-state index in [0.29, 0.717) is 6.04 Å². The van der Waals surface area contributed by atoms with Crippen LogP contribution in [0, 0.1) is 0 Å². The Labute approximate surface area is 143 Å². The zero-order valence-electron chi connectivity index (χ0n) is 14.4. The summed E-state index contributed by atoms with van der Waals surface area (Å²) in [6, 6.07) is 17.1. The molecule has 0 radical (unpaired) electrons. The van der Waals surface area contributed by atoms with Crippen LogP contribution in [0.25, 0.3) is 0 Å². The van der Waals surface area contributed by atoms with Gasteiger partial charge in [0.1, 0.15) is 0 Å². The van der Waals surface area contributed by atoms with Gasteiger partial charge >= 0.3 is 0 Å². The van der Waals surface area contributed by atoms with E-state index in [0.717, 1.165) is 5.69 Å². The lowest BCUT2D eigenvalue weighted by Gasteiger charge is -2.23. The van der Waals surface area contributed by atoms with Gasteiger partial charge in [0.05, 0.1) is 17.9 Å². The predicted octanol–water partition coefficient (Wildman–Crippen LogP) is 4.30. The van der Waals surface area contributed by atoms with Crippen molar-refractivity contribution in [3.05, 3.63) is 83.9 Å². The second-order valence-corrected chi connectivity index (χ2v) is 6.33. The van der Waals surface area contributed by atoms with E-state index >= 15 is 0 Å². The fourth-order valence-electron chi connectivity index (χ4n) is 2.75. The molecule has 24 heavy (non-hydrogen) atoms. The van der Waals surface area contributed by atoms with Crippen LogP contribution in [0.4, 0.5) is 0 Å². The maximum absolute atomic E-state index is 4.55. The Morgan fingerprint density at radius 1 is 0.917 bits per heavy atom. The van der Waals surface area contributed by atoms with Gasteiger partial charge in [0, 0.05) is 30.0 Å². The molecule has 124 valence electrons. The number of benzene rings is 1. The molecule has 1 aromatic carbocycles. The van der Waals surface area contributed by atoms with Gasteiger partial charge in [-0.2, -0.15) is 5.10 Å². The Balaban J connectivity index is 1.86. The van der Waals surface area contributed by atoms with Gasteiger partial charge in [-0.3, -0.25) is 15.0 Å². The van der Waals surface area contributed by atoms with E-state index < -0.39 is 0 Å². The third kappa shape index (κ3) is 3.71. The molecule has 4 nitrogen and oxygen atoms in total. The van der Waals surface area contributed by atoms with Crippen molar-refractivity contribution in [3.8, 4) is 0 Å². The molecule has 2 atom stereocenters. The highest BCUT2D eigenvalue weighted by Gasteiger charge is 2.19. The third-order valence-corrected chi connectivity index (χ3v) is 4.18. The number of hydrogen-bond donors (Lipinski definition) is 1. The number of rotatable bonds is 6. The maximum Gasteiger partial charge on any atom is 0.0756 e. The van der Waals surface area contributed by atoms with E-state index in [1.165, 1.54) is 11.1 Å². The summed E-state index contributed by atoms with van der Waals surface area (Å²) in [7, 11) is 0. The number of hydrogen-bond acceptors (Lipinski definition) is 3. The van der Waals surface area contributed by atoms with Gasteiger partial charge in [0.2, 0.25) is 0 Å². The largest absolute Gasteiger partial charge is 0.298 e. The molecule has 0 saturated carbocycles. The zero-order chi connectivity index (χ0) is 16.9. The smallest absolute Gasteiger partial charge is 0.0756 e. The molecular formula is C20H24N4. The van der Waals surface area contributed by atoms with Gasteiger partial charge in [-0.25, -0.2) is 0 Å². The van der Waals surface area contributed by atoms with Crippen molar-refractivity contribution in [3.63, 3.8) is 0 Å². The van der Waals surface area contributed by atoms with E-state index in [2.05, 4.69) is 72.7 Å². The quantitative estimate of drug-likeness (QED) is 0.736. The Bertz CT molecular complexity index is 710. The van der Waals surface area contributed by atoms with E-state index in [4.69, 9.17) is 0 Å². The first-order valence-corrected chi connectivity index (χ1v) is 8.41. The number of nitrogens with one attached hydrogen (secondary N) is 1. The lowest BCUT2D eigenvalue weighted by Crippen LogP contribution is -2.26. The van der Waals surface area contributed by atoms with E-state index in [1.807, 2.05) is 35.3 Å². The summed E-state index contributed by atoms with van der Waals surface area (Å²) < 4.78 is 1.99. The third-order valence-electron chi connectivity index (χ3n) is 4.18. The van der Waals surface area contributed by atoms with Crippen LogP contribution in [0.2, 0.25) is 0 Å². The molecule has 0 unspecified atom stereocenters. The second-order valence-electron chi connectivity index (χ2n) is 6.33. The van der Waals surface area contributed by atoms with Crippen molar-refractivity contribution < 1.29 is 0 Å². The summed E-state index contributed by atoms with van der Waals surface area (Å²) in [5, 5.41) is 8.15. The molecule has 0 saturated heterocycles. The van der Waals surface area contributed by atoms with Gasteiger partial charge < -0.3 is 0 Å². The number of nitrogens with zero attached hydrogens (tertiary/aromatic N) is 3. The van der Waals surface area contributed by atoms with Crippen molar-refractivity contribution in [1.82, 2.24) is 20.1 Å². The predicted molar refractivity (Wildman–Crippen MR) is 96.7 cm³/mol. The van der Waals surface area contributed by atoms with E-state index in [9.17, 15) is 0 Å². The van der Waals surface area contributed by atoms with Gasteiger partial charge in [-0.15, -0.1) is 0 Å². The van der Waals surface area contributed by atoms with Crippen LogP contribution in [-0.4, -0.2) is 14.8 Å². The summed E-state index contributed by atoms with van der Waals surface area (Å²) >= 11 is 0. The van der Waals surface area contributed by atoms with Gasteiger partial charge in [-0.1, -0.05) is 36.4 Å². The molecule has 0 amide bonds. The van der Waals surface area contributed by atoms with Gasteiger partial charge in [0.25, 0.3) is 0 Å². The molecule has 3 aromatic rings. The molecule has 3 rings (SSSR count). The van der Waals surface area contributed by atoms with Crippen LogP contribution in [0.1, 0.15) is 55.7 Å². The molecule has 0 aliphatic carbocycles. The number of aromatic nitrogens is 3. The van der Waals surface area contributed by atoms with Gasteiger partial charge in [0.15, 0.2) is 0 Å². The minimum atomic E-state index is 0.0461. The van der Waals surface area contributed by atoms with Crippen LogP contribution >= 0.6 is 0 Å². The normalized spacial score (nSPS) is 13.8. The monoisotopic (exact) mass is 320 g/mol. The molecule has 0 fully saturated rings. The molecular weight excluding hydrogens is 296 g/mol. The minimum absolute atomic E-state index is 0.0461. The Morgan fingerprint density at radius 2 is 1.67 bits per heavy atom. The van der Waals surface area contributed by atoms with Crippen molar-refractivity contribution in [2.75, 3.05) is 0 Å². The lowest BCUT2D eigenvalue weighted by atomic mass is 10.0. The summed E-state index contributed by atoms with van der Waals surface area (Å²) in [5.41, 5.74) is 3.41. The fourth-order valence-corrected chi connectivity index (χ4v) is 2.75. The average Bonchev–Trinajstić information content (AvgIpc) is 3.11. The summed E-state index contributed by atoms with van der Waals surface area (Å²) in [6.45, 7) is 6.44. The topological polar surface area (TPSA) is 42.7 Å². The summed E-state index contributed by atoms with van der Waals surface area (Å²) in [6.07, 6.45) is 5.90. The summed E-state index contributed by atoms with van der Waals surface area (Å²) in [5.74, 6) is 0. The highest BCUT2D eigenvalue weighted by molar-refractivity contribution is 5.28. The first kappa shape index (κ1) is 16.4. The SMILES string of the molecule is CC(C)n1cc([C@@H](C)N[C@H](c2ccccc2)c2ccccn2)cn1. The molecule has 2 aromatic heterocycles. The zero-order valence-corrected chi connectivity index (χ0v) is 14.4. The second kappa shape index (κ2) is 7.41. The highest BCUT2D eigenvalue weighted by Crippen LogP contribution is 2.24. The molecule has 0 aliphatic rings. The fraction of sp³-hybridized carbons (Fsp3) is 0.300. The maximum atomic E-state index is 4.55. The number of pyridine rings is 1. The standard InChI is InChI=1S/C20H24N4/c1-15(2)24-14-18(13-22-24)16(3)23-20(17-9-5-4-6-10-17)19-11-7-8-12-21-19/h4-16,20,23H,1-3H3/t16-,20-/m1/s1. The first-order valence-electron chi connectivity index (χ1n) is 8.41.